The van der Waals surface area contributed by atoms with Gasteiger partial charge in [-0.1, -0.05) is 0 Å². The summed E-state index contributed by atoms with van der Waals surface area (Å²) in [4.78, 5) is 12.3. The number of aryl methyl sites for hydroxylation is 1. The highest BCUT2D eigenvalue weighted by Crippen LogP contribution is 2.08. The minimum absolute atomic E-state index is 0.250. The highest BCUT2D eigenvalue weighted by Gasteiger charge is 1.86. The van der Waals surface area contributed by atoms with Crippen LogP contribution in [0, 0.1) is 6.92 Å². The number of nitrogens with zero attached hydrogens (tertiary/aromatic N) is 1. The number of carbonyl (C=O) groups is 1. The molecule has 56 valence electrons. The second-order valence-corrected chi connectivity index (χ2v) is 2.32. The summed E-state index contributed by atoms with van der Waals surface area (Å²) in [5.74, 6) is 0. The molecule has 0 atom stereocenters. The number of nitrogens with two attached hydrogens (primary N) is 1. The summed E-state index contributed by atoms with van der Waals surface area (Å²) in [7, 11) is 0. The third-order valence-electron chi connectivity index (χ3n) is 0.637. The molecule has 0 aliphatic carbocycles. The van der Waals surface area contributed by atoms with E-state index in [4.69, 9.17) is 15.6 Å². The third kappa shape index (κ3) is 3.85. The zero-order chi connectivity index (χ0) is 7.98. The lowest BCUT2D eigenvalue weighted by Gasteiger charge is -1.72. The fourth-order valence-electron chi connectivity index (χ4n) is 0.372. The Kier molecular flexibility index (Phi) is 4.23. The van der Waals surface area contributed by atoms with Crippen LogP contribution in [0.5, 0.6) is 0 Å². The highest BCUT2D eigenvalue weighted by molar-refractivity contribution is 7.13. The van der Waals surface area contributed by atoms with Crippen molar-refractivity contribution in [3.63, 3.8) is 0 Å². The van der Waals surface area contributed by atoms with Crippen LogP contribution in [-0.4, -0.2) is 16.6 Å². The van der Waals surface area contributed by atoms with Crippen molar-refractivity contribution in [2.24, 2.45) is 0 Å². The summed E-state index contributed by atoms with van der Waals surface area (Å²) in [6, 6.07) is 0. The predicted molar refractivity (Wildman–Crippen MR) is 40.0 cm³/mol. The summed E-state index contributed by atoms with van der Waals surface area (Å²) in [5, 5.41) is 9.47. The maximum atomic E-state index is 8.36. The molecule has 0 aliphatic heterocycles. The molecule has 0 unspecified atom stereocenters. The van der Waals surface area contributed by atoms with Gasteiger partial charge in [-0.2, -0.15) is 0 Å². The average Bonchev–Trinajstić information content (AvgIpc) is 2.17. The number of rotatable bonds is 0. The quantitative estimate of drug-likeness (QED) is 0.549. The van der Waals surface area contributed by atoms with E-state index in [1.165, 1.54) is 11.3 Å². The van der Waals surface area contributed by atoms with Crippen LogP contribution in [-0.2, 0) is 4.79 Å². The Morgan fingerprint density at radius 3 is 2.50 bits per heavy atom. The van der Waals surface area contributed by atoms with Crippen molar-refractivity contribution in [2.75, 3.05) is 5.73 Å². The maximum absolute atomic E-state index is 8.36. The molecule has 0 aromatic carbocycles. The van der Waals surface area contributed by atoms with E-state index in [1.54, 1.807) is 0 Å². The van der Waals surface area contributed by atoms with E-state index < -0.39 is 0 Å². The second kappa shape index (κ2) is 4.75. The van der Waals surface area contributed by atoms with Gasteiger partial charge < -0.3 is 10.8 Å². The van der Waals surface area contributed by atoms with Crippen LogP contribution < -0.4 is 5.73 Å². The first kappa shape index (κ1) is 8.90. The smallest absolute Gasteiger partial charge is 0.290 e. The summed E-state index contributed by atoms with van der Waals surface area (Å²) in [5.41, 5.74) is 6.29. The van der Waals surface area contributed by atoms with E-state index in [0.29, 0.717) is 5.13 Å². The molecule has 0 saturated heterocycles. The Morgan fingerprint density at radius 1 is 1.90 bits per heavy atom. The normalized spacial score (nSPS) is 7.70. The van der Waals surface area contributed by atoms with Gasteiger partial charge >= 0.3 is 0 Å². The number of hydrogen-bond acceptors (Lipinski definition) is 4. The minimum Gasteiger partial charge on any atom is -0.483 e. The zero-order valence-electron chi connectivity index (χ0n) is 5.44. The van der Waals surface area contributed by atoms with Gasteiger partial charge in [0.1, 0.15) is 0 Å². The standard InChI is InChI=1S/C4H6N2S.CH2O2/c1-3-2-7-4(5)6-3;2-1-3/h2H,1H3,(H2,5,6);1H,(H,2,3). The molecular weight excluding hydrogens is 152 g/mol. The molecule has 0 aliphatic rings. The molecule has 1 aromatic heterocycles. The van der Waals surface area contributed by atoms with Gasteiger partial charge in [0.15, 0.2) is 5.13 Å². The van der Waals surface area contributed by atoms with E-state index in [0.717, 1.165) is 5.69 Å². The Morgan fingerprint density at radius 2 is 2.40 bits per heavy atom. The lowest BCUT2D eigenvalue weighted by molar-refractivity contribution is -0.122. The first-order chi connectivity index (χ1) is 4.70. The van der Waals surface area contributed by atoms with Crippen molar-refractivity contribution in [1.29, 1.82) is 0 Å². The molecule has 1 rings (SSSR count). The number of carboxylic acid groups (broad SMARTS) is 1. The van der Waals surface area contributed by atoms with Crippen LogP contribution in [0.2, 0.25) is 0 Å². The van der Waals surface area contributed by atoms with Crippen LogP contribution in [0.4, 0.5) is 5.13 Å². The third-order valence-corrected chi connectivity index (χ3v) is 1.43. The van der Waals surface area contributed by atoms with Crippen molar-refractivity contribution >= 4 is 22.9 Å². The number of hydrogen-bond donors (Lipinski definition) is 2. The Labute approximate surface area is 62.3 Å². The van der Waals surface area contributed by atoms with Gasteiger partial charge in [0.25, 0.3) is 6.47 Å². The van der Waals surface area contributed by atoms with Crippen molar-refractivity contribution in [3.8, 4) is 0 Å². The summed E-state index contributed by atoms with van der Waals surface area (Å²) >= 11 is 1.47. The van der Waals surface area contributed by atoms with Crippen molar-refractivity contribution in [3.05, 3.63) is 11.1 Å². The van der Waals surface area contributed by atoms with Crippen LogP contribution >= 0.6 is 11.3 Å². The Balaban J connectivity index is 0.000000236. The first-order valence-electron chi connectivity index (χ1n) is 2.46. The predicted octanol–water partition coefficient (Wildman–Crippen LogP) is 0.735. The first-order valence-corrected chi connectivity index (χ1v) is 3.34. The minimum atomic E-state index is -0.250. The van der Waals surface area contributed by atoms with Gasteiger partial charge in [-0.25, -0.2) is 4.98 Å². The summed E-state index contributed by atoms with van der Waals surface area (Å²) in [6.07, 6.45) is 0. The van der Waals surface area contributed by atoms with Crippen molar-refractivity contribution in [2.45, 2.75) is 6.92 Å². The van der Waals surface area contributed by atoms with Gasteiger partial charge in [0.2, 0.25) is 0 Å². The largest absolute Gasteiger partial charge is 0.483 e. The number of nitrogen functional groups attached to an aromatic ring is 1. The van der Waals surface area contributed by atoms with Gasteiger partial charge in [-0.05, 0) is 6.92 Å². The van der Waals surface area contributed by atoms with Gasteiger partial charge in [-0.3, -0.25) is 4.79 Å². The number of aromatic nitrogens is 1. The van der Waals surface area contributed by atoms with E-state index in [1.807, 2.05) is 12.3 Å². The van der Waals surface area contributed by atoms with E-state index in [-0.39, 0.29) is 6.47 Å². The average molecular weight is 160 g/mol. The van der Waals surface area contributed by atoms with Crippen molar-refractivity contribution in [1.82, 2.24) is 4.98 Å². The summed E-state index contributed by atoms with van der Waals surface area (Å²) < 4.78 is 0. The molecule has 1 aromatic rings. The van der Waals surface area contributed by atoms with Crippen LogP contribution in [0.25, 0.3) is 0 Å². The molecule has 0 bridgehead atoms. The van der Waals surface area contributed by atoms with E-state index >= 15 is 0 Å². The van der Waals surface area contributed by atoms with Crippen molar-refractivity contribution < 1.29 is 9.90 Å². The molecule has 0 saturated carbocycles. The number of anilines is 1. The molecule has 0 spiro atoms. The monoisotopic (exact) mass is 160 g/mol. The van der Waals surface area contributed by atoms with Crippen LogP contribution in [0.1, 0.15) is 5.69 Å². The fraction of sp³-hybridized carbons (Fsp3) is 0.200. The molecule has 0 fully saturated rings. The molecule has 0 radical (unpaired) electrons. The topological polar surface area (TPSA) is 76.2 Å². The molecule has 3 N–H and O–H groups in total. The molecule has 0 amide bonds. The van der Waals surface area contributed by atoms with Gasteiger partial charge in [0, 0.05) is 5.38 Å². The highest BCUT2D eigenvalue weighted by atomic mass is 32.1. The SMILES string of the molecule is Cc1csc(N)n1.O=CO. The number of thiazole rings is 1. The zero-order valence-corrected chi connectivity index (χ0v) is 6.26. The van der Waals surface area contributed by atoms with E-state index in [9.17, 15) is 0 Å². The van der Waals surface area contributed by atoms with E-state index in [2.05, 4.69) is 4.98 Å². The second-order valence-electron chi connectivity index (χ2n) is 1.43. The Hall–Kier alpha value is -1.10. The molecule has 10 heavy (non-hydrogen) atoms. The Bertz CT molecular complexity index is 183. The fourth-order valence-corrected chi connectivity index (χ4v) is 0.913. The lowest BCUT2D eigenvalue weighted by atomic mass is 10.6. The molecule has 1 heterocycles. The maximum Gasteiger partial charge on any atom is 0.290 e. The summed E-state index contributed by atoms with van der Waals surface area (Å²) in [6.45, 7) is 1.67. The van der Waals surface area contributed by atoms with Crippen LogP contribution in [0.15, 0.2) is 5.38 Å². The molecular formula is C5H8N2O2S. The van der Waals surface area contributed by atoms with Gasteiger partial charge in [0.05, 0.1) is 5.69 Å². The lowest BCUT2D eigenvalue weighted by Crippen LogP contribution is -1.80. The molecule has 5 heteroatoms. The van der Waals surface area contributed by atoms with Gasteiger partial charge in [-0.15, -0.1) is 11.3 Å². The molecule has 4 nitrogen and oxygen atoms in total. The van der Waals surface area contributed by atoms with Crippen LogP contribution in [0.3, 0.4) is 0 Å².